The van der Waals surface area contributed by atoms with E-state index in [9.17, 15) is 14.0 Å². The van der Waals surface area contributed by atoms with Gasteiger partial charge in [0, 0.05) is 25.4 Å². The highest BCUT2D eigenvalue weighted by Gasteiger charge is 2.31. The van der Waals surface area contributed by atoms with Gasteiger partial charge in [-0.15, -0.1) is 0 Å². The van der Waals surface area contributed by atoms with E-state index in [-0.39, 0.29) is 24.3 Å². The first kappa shape index (κ1) is 19.0. The fourth-order valence-electron chi connectivity index (χ4n) is 3.59. The van der Waals surface area contributed by atoms with E-state index in [1.54, 1.807) is 35.5 Å². The molecule has 7 nitrogen and oxygen atoms in total. The third-order valence-electron chi connectivity index (χ3n) is 5.06. The van der Waals surface area contributed by atoms with E-state index >= 15 is 0 Å². The Balaban J connectivity index is 1.49. The average Bonchev–Trinajstić information content (AvgIpc) is 3.20. The number of halogens is 1. The predicted molar refractivity (Wildman–Crippen MR) is 103 cm³/mol. The number of benzene rings is 1. The van der Waals surface area contributed by atoms with Crippen molar-refractivity contribution >= 4 is 5.91 Å². The minimum absolute atomic E-state index is 0.0632. The molecule has 1 aliphatic rings. The standard InChI is InChI=1S/C21H21FN4O3/c22-16-7-5-15(6-8-16)12-17-13-24-20(29-17)18-4-1-2-11-26(18)19(27)14-25-10-3-9-23-21(25)28/h3,5-10,13,18H,1-2,4,11-12,14H2/t18-/m1/s1. The molecule has 1 saturated heterocycles. The molecule has 0 radical (unpaired) electrons. The quantitative estimate of drug-likeness (QED) is 0.662. The van der Waals surface area contributed by atoms with Crippen molar-refractivity contribution in [3.8, 4) is 0 Å². The zero-order valence-corrected chi connectivity index (χ0v) is 15.8. The molecule has 1 atom stereocenters. The van der Waals surface area contributed by atoms with Crippen LogP contribution in [0.25, 0.3) is 0 Å². The Labute approximate surface area is 166 Å². The van der Waals surface area contributed by atoms with Crippen molar-refractivity contribution in [3.63, 3.8) is 0 Å². The molecule has 0 aliphatic carbocycles. The largest absolute Gasteiger partial charge is 0.443 e. The van der Waals surface area contributed by atoms with Crippen LogP contribution in [0.5, 0.6) is 0 Å². The van der Waals surface area contributed by atoms with Crippen molar-refractivity contribution in [1.29, 1.82) is 0 Å². The molecule has 1 fully saturated rings. The smallest absolute Gasteiger partial charge is 0.347 e. The molecular weight excluding hydrogens is 375 g/mol. The molecule has 1 aromatic carbocycles. The van der Waals surface area contributed by atoms with Crippen LogP contribution in [0.3, 0.4) is 0 Å². The zero-order chi connectivity index (χ0) is 20.2. The summed E-state index contributed by atoms with van der Waals surface area (Å²) < 4.78 is 20.3. The number of carbonyl (C=O) groups excluding carboxylic acids is 1. The molecule has 0 N–H and O–H groups in total. The molecule has 150 valence electrons. The Hall–Kier alpha value is -3.29. The predicted octanol–water partition coefficient (Wildman–Crippen LogP) is 2.72. The first-order valence-electron chi connectivity index (χ1n) is 9.60. The number of oxazole rings is 1. The summed E-state index contributed by atoms with van der Waals surface area (Å²) in [5.74, 6) is 0.709. The third kappa shape index (κ3) is 4.42. The van der Waals surface area contributed by atoms with Gasteiger partial charge in [0.1, 0.15) is 24.2 Å². The minimum Gasteiger partial charge on any atom is -0.443 e. The van der Waals surface area contributed by atoms with Gasteiger partial charge in [-0.25, -0.2) is 19.2 Å². The number of piperidine rings is 1. The molecule has 1 amide bonds. The van der Waals surface area contributed by atoms with E-state index in [1.165, 1.54) is 22.9 Å². The Morgan fingerprint density at radius 1 is 1.21 bits per heavy atom. The summed E-state index contributed by atoms with van der Waals surface area (Å²) in [4.78, 5) is 34.5. The minimum atomic E-state index is -0.452. The van der Waals surface area contributed by atoms with E-state index in [0.29, 0.717) is 24.6 Å². The summed E-state index contributed by atoms with van der Waals surface area (Å²) in [7, 11) is 0. The lowest BCUT2D eigenvalue weighted by Gasteiger charge is -2.33. The molecule has 0 unspecified atom stereocenters. The van der Waals surface area contributed by atoms with Gasteiger partial charge in [0.2, 0.25) is 11.8 Å². The van der Waals surface area contributed by atoms with Crippen LogP contribution in [0, 0.1) is 5.82 Å². The van der Waals surface area contributed by atoms with Crippen LogP contribution in [0.2, 0.25) is 0 Å². The second-order valence-electron chi connectivity index (χ2n) is 7.10. The third-order valence-corrected chi connectivity index (χ3v) is 5.06. The lowest BCUT2D eigenvalue weighted by atomic mass is 10.0. The van der Waals surface area contributed by atoms with Crippen LogP contribution < -0.4 is 5.69 Å². The topological polar surface area (TPSA) is 81.2 Å². The highest BCUT2D eigenvalue weighted by atomic mass is 19.1. The van der Waals surface area contributed by atoms with Gasteiger partial charge in [-0.2, -0.15) is 0 Å². The van der Waals surface area contributed by atoms with Crippen molar-refractivity contribution in [3.05, 3.63) is 82.4 Å². The molecule has 3 aromatic rings. The summed E-state index contributed by atoms with van der Waals surface area (Å²) in [6.07, 6.45) is 7.73. The zero-order valence-electron chi connectivity index (χ0n) is 15.8. The van der Waals surface area contributed by atoms with Gasteiger partial charge in [0.05, 0.1) is 6.20 Å². The summed E-state index contributed by atoms with van der Waals surface area (Å²) in [6, 6.07) is 7.60. The van der Waals surface area contributed by atoms with E-state index in [1.807, 2.05) is 0 Å². The van der Waals surface area contributed by atoms with Gasteiger partial charge in [-0.1, -0.05) is 12.1 Å². The second kappa shape index (κ2) is 8.38. The van der Waals surface area contributed by atoms with Crippen molar-refractivity contribution in [1.82, 2.24) is 19.4 Å². The van der Waals surface area contributed by atoms with Crippen molar-refractivity contribution in [2.75, 3.05) is 6.54 Å². The molecule has 1 aliphatic heterocycles. The molecule has 0 bridgehead atoms. The molecule has 4 rings (SSSR count). The summed E-state index contributed by atoms with van der Waals surface area (Å²) in [5.41, 5.74) is 0.466. The summed E-state index contributed by atoms with van der Waals surface area (Å²) in [5, 5.41) is 0. The van der Waals surface area contributed by atoms with E-state index in [0.717, 1.165) is 24.8 Å². The summed E-state index contributed by atoms with van der Waals surface area (Å²) in [6.45, 7) is 0.528. The highest BCUT2D eigenvalue weighted by molar-refractivity contribution is 5.76. The summed E-state index contributed by atoms with van der Waals surface area (Å²) >= 11 is 0. The van der Waals surface area contributed by atoms with E-state index in [4.69, 9.17) is 4.42 Å². The number of amides is 1. The number of carbonyl (C=O) groups is 1. The fraction of sp³-hybridized carbons (Fsp3) is 0.333. The van der Waals surface area contributed by atoms with Gasteiger partial charge in [-0.05, 0) is 43.0 Å². The normalized spacial score (nSPS) is 16.7. The van der Waals surface area contributed by atoms with Crippen LogP contribution in [0.1, 0.15) is 42.5 Å². The number of hydrogen-bond donors (Lipinski definition) is 0. The van der Waals surface area contributed by atoms with Gasteiger partial charge >= 0.3 is 5.69 Å². The lowest BCUT2D eigenvalue weighted by molar-refractivity contribution is -0.136. The SMILES string of the molecule is O=C(Cn1cccnc1=O)N1CCCC[C@@H]1c1ncc(Cc2ccc(F)cc2)o1. The number of rotatable bonds is 5. The van der Waals surface area contributed by atoms with Crippen LogP contribution in [0.4, 0.5) is 4.39 Å². The first-order valence-corrected chi connectivity index (χ1v) is 9.60. The Morgan fingerprint density at radius 2 is 2.03 bits per heavy atom. The van der Waals surface area contributed by atoms with E-state index < -0.39 is 5.69 Å². The van der Waals surface area contributed by atoms with Gasteiger partial charge in [-0.3, -0.25) is 9.36 Å². The molecule has 2 aromatic heterocycles. The Morgan fingerprint density at radius 3 is 2.83 bits per heavy atom. The van der Waals surface area contributed by atoms with Crippen LogP contribution in [-0.4, -0.2) is 31.9 Å². The lowest BCUT2D eigenvalue weighted by Crippen LogP contribution is -2.42. The highest BCUT2D eigenvalue weighted by Crippen LogP contribution is 2.31. The maximum atomic E-state index is 13.1. The molecule has 8 heteroatoms. The molecule has 0 saturated carbocycles. The van der Waals surface area contributed by atoms with Gasteiger partial charge < -0.3 is 9.32 Å². The number of likely N-dealkylation sites (tertiary alicyclic amines) is 1. The maximum Gasteiger partial charge on any atom is 0.347 e. The number of hydrogen-bond acceptors (Lipinski definition) is 5. The van der Waals surface area contributed by atoms with Gasteiger partial charge in [0.15, 0.2) is 0 Å². The molecule has 29 heavy (non-hydrogen) atoms. The molecule has 3 heterocycles. The maximum absolute atomic E-state index is 13.1. The van der Waals surface area contributed by atoms with Crippen LogP contribution >= 0.6 is 0 Å². The van der Waals surface area contributed by atoms with Crippen molar-refractivity contribution < 1.29 is 13.6 Å². The molecular formula is C21H21FN4O3. The van der Waals surface area contributed by atoms with Crippen LogP contribution in [0.15, 0.2) is 58.1 Å². The Bertz CT molecular complexity index is 1040. The fourth-order valence-corrected chi connectivity index (χ4v) is 3.59. The second-order valence-corrected chi connectivity index (χ2v) is 7.10. The number of aromatic nitrogens is 3. The number of nitrogens with zero attached hydrogens (tertiary/aromatic N) is 4. The van der Waals surface area contributed by atoms with Crippen molar-refractivity contribution in [2.24, 2.45) is 0 Å². The van der Waals surface area contributed by atoms with E-state index in [2.05, 4.69) is 9.97 Å². The van der Waals surface area contributed by atoms with Crippen molar-refractivity contribution in [2.45, 2.75) is 38.3 Å². The first-order chi connectivity index (χ1) is 14.1. The van der Waals surface area contributed by atoms with Gasteiger partial charge in [0.25, 0.3) is 0 Å². The average molecular weight is 396 g/mol. The van der Waals surface area contributed by atoms with Crippen LogP contribution in [-0.2, 0) is 17.8 Å². The Kier molecular flexibility index (Phi) is 5.50. The molecule has 0 spiro atoms. The monoisotopic (exact) mass is 396 g/mol.